The summed E-state index contributed by atoms with van der Waals surface area (Å²) in [6.45, 7) is 6.01. The largest absolute Gasteiger partial charge is 0.477 e. The Hall–Kier alpha value is -2.26. The van der Waals surface area contributed by atoms with Gasteiger partial charge in [-0.25, -0.2) is 0 Å². The minimum absolute atomic E-state index is 0.0464. The van der Waals surface area contributed by atoms with Crippen molar-refractivity contribution in [1.29, 1.82) is 0 Å². The molecule has 0 N–H and O–H groups in total. The SMILES string of the molecule is CC1=C(c2ccccc2)C(=O)N(C(C)(C)c2ccccc2Cl)CO1. The Morgan fingerprint density at radius 1 is 1.04 bits per heavy atom. The molecule has 3 rings (SSSR count). The number of carbonyl (C=O) groups excluding carboxylic acids is 1. The van der Waals surface area contributed by atoms with Crippen LogP contribution in [-0.4, -0.2) is 17.5 Å². The molecule has 0 spiro atoms. The van der Waals surface area contributed by atoms with Crippen LogP contribution in [-0.2, 0) is 15.1 Å². The lowest BCUT2D eigenvalue weighted by Crippen LogP contribution is -2.49. The number of rotatable bonds is 3. The third kappa shape index (κ3) is 2.80. The van der Waals surface area contributed by atoms with Crippen LogP contribution in [0.3, 0.4) is 0 Å². The summed E-state index contributed by atoms with van der Waals surface area (Å²) in [5, 5.41) is 0.642. The van der Waals surface area contributed by atoms with Gasteiger partial charge in [-0.15, -0.1) is 0 Å². The Morgan fingerprint density at radius 2 is 1.67 bits per heavy atom. The molecule has 1 heterocycles. The first-order chi connectivity index (χ1) is 11.4. The Bertz CT molecular complexity index is 796. The van der Waals surface area contributed by atoms with E-state index >= 15 is 0 Å². The summed E-state index contributed by atoms with van der Waals surface area (Å²) in [7, 11) is 0. The zero-order valence-corrected chi connectivity index (χ0v) is 14.8. The highest BCUT2D eigenvalue weighted by Gasteiger charge is 2.39. The van der Waals surface area contributed by atoms with Crippen molar-refractivity contribution < 1.29 is 9.53 Å². The molecule has 0 bridgehead atoms. The molecule has 1 aliphatic rings. The number of halogens is 1. The van der Waals surface area contributed by atoms with E-state index < -0.39 is 5.54 Å². The molecule has 24 heavy (non-hydrogen) atoms. The molecule has 0 fully saturated rings. The second-order valence-corrected chi connectivity index (χ2v) is 6.75. The lowest BCUT2D eigenvalue weighted by atomic mass is 9.90. The molecule has 2 aromatic carbocycles. The molecule has 4 heteroatoms. The number of ether oxygens (including phenoxy) is 1. The highest BCUT2D eigenvalue weighted by atomic mass is 35.5. The monoisotopic (exact) mass is 341 g/mol. The Morgan fingerprint density at radius 3 is 2.33 bits per heavy atom. The van der Waals surface area contributed by atoms with Crippen LogP contribution in [0.4, 0.5) is 0 Å². The minimum atomic E-state index is -0.587. The number of nitrogens with zero attached hydrogens (tertiary/aromatic N) is 1. The fourth-order valence-electron chi connectivity index (χ4n) is 3.03. The van der Waals surface area contributed by atoms with E-state index in [0.717, 1.165) is 11.1 Å². The van der Waals surface area contributed by atoms with Gasteiger partial charge in [0.05, 0.1) is 11.1 Å². The first-order valence-electron chi connectivity index (χ1n) is 7.89. The normalized spacial score (nSPS) is 15.5. The number of benzene rings is 2. The minimum Gasteiger partial charge on any atom is -0.477 e. The zero-order chi connectivity index (χ0) is 17.3. The summed E-state index contributed by atoms with van der Waals surface area (Å²) >= 11 is 6.37. The maximum Gasteiger partial charge on any atom is 0.261 e. The topological polar surface area (TPSA) is 29.5 Å². The average Bonchev–Trinajstić information content (AvgIpc) is 2.56. The van der Waals surface area contributed by atoms with E-state index in [4.69, 9.17) is 16.3 Å². The molecule has 0 atom stereocenters. The van der Waals surface area contributed by atoms with Gasteiger partial charge >= 0.3 is 0 Å². The van der Waals surface area contributed by atoms with E-state index in [0.29, 0.717) is 16.4 Å². The summed E-state index contributed by atoms with van der Waals surface area (Å²) in [5.74, 6) is 0.604. The van der Waals surface area contributed by atoms with Gasteiger partial charge in [-0.05, 0) is 38.0 Å². The van der Waals surface area contributed by atoms with Crippen LogP contribution in [0.1, 0.15) is 31.9 Å². The molecule has 0 aromatic heterocycles. The number of amides is 1. The fourth-order valence-corrected chi connectivity index (χ4v) is 3.39. The predicted molar refractivity (Wildman–Crippen MR) is 96.3 cm³/mol. The van der Waals surface area contributed by atoms with Crippen molar-refractivity contribution in [2.45, 2.75) is 26.3 Å². The van der Waals surface area contributed by atoms with Crippen molar-refractivity contribution >= 4 is 23.1 Å². The molecule has 0 saturated heterocycles. The van der Waals surface area contributed by atoms with E-state index in [9.17, 15) is 4.79 Å². The molecule has 0 aliphatic carbocycles. The van der Waals surface area contributed by atoms with E-state index in [1.807, 2.05) is 75.4 Å². The summed E-state index contributed by atoms with van der Waals surface area (Å²) in [5.41, 5.74) is 1.77. The first-order valence-corrected chi connectivity index (χ1v) is 8.27. The van der Waals surface area contributed by atoms with Gasteiger partial charge in [0.2, 0.25) is 0 Å². The molecule has 0 radical (unpaired) electrons. The molecule has 1 aliphatic heterocycles. The maximum atomic E-state index is 13.2. The van der Waals surface area contributed by atoms with Gasteiger partial charge in [0.15, 0.2) is 6.73 Å². The van der Waals surface area contributed by atoms with Crippen molar-refractivity contribution in [2.24, 2.45) is 0 Å². The van der Waals surface area contributed by atoms with Gasteiger partial charge < -0.3 is 4.74 Å². The van der Waals surface area contributed by atoms with Crippen molar-refractivity contribution in [2.75, 3.05) is 6.73 Å². The smallest absolute Gasteiger partial charge is 0.261 e. The number of allylic oxidation sites excluding steroid dienone is 1. The third-order valence-electron chi connectivity index (χ3n) is 4.49. The fraction of sp³-hybridized carbons (Fsp3) is 0.250. The molecule has 0 unspecified atom stereocenters. The molecular weight excluding hydrogens is 322 g/mol. The third-order valence-corrected chi connectivity index (χ3v) is 4.82. The first kappa shape index (κ1) is 16.6. The van der Waals surface area contributed by atoms with Gasteiger partial charge in [-0.2, -0.15) is 0 Å². The van der Waals surface area contributed by atoms with Gasteiger partial charge in [0, 0.05) is 5.02 Å². The Labute approximate surface area is 147 Å². The molecule has 0 saturated carbocycles. The van der Waals surface area contributed by atoms with Crippen LogP contribution in [0.5, 0.6) is 0 Å². The van der Waals surface area contributed by atoms with Crippen molar-refractivity contribution in [3.8, 4) is 0 Å². The van der Waals surface area contributed by atoms with Gasteiger partial charge in [0.25, 0.3) is 5.91 Å². The van der Waals surface area contributed by atoms with Crippen LogP contribution in [0.15, 0.2) is 60.4 Å². The summed E-state index contributed by atoms with van der Waals surface area (Å²) < 4.78 is 5.82. The van der Waals surface area contributed by atoms with Crippen LogP contribution in [0, 0.1) is 0 Å². The molecule has 1 amide bonds. The van der Waals surface area contributed by atoms with Crippen LogP contribution < -0.4 is 0 Å². The van der Waals surface area contributed by atoms with Crippen molar-refractivity contribution in [3.05, 3.63) is 76.5 Å². The molecule has 3 nitrogen and oxygen atoms in total. The van der Waals surface area contributed by atoms with E-state index in [-0.39, 0.29) is 12.6 Å². The molecule has 124 valence electrons. The van der Waals surface area contributed by atoms with Gasteiger partial charge in [-0.3, -0.25) is 9.69 Å². The Balaban J connectivity index is 2.02. The van der Waals surface area contributed by atoms with Crippen LogP contribution >= 0.6 is 11.6 Å². The highest BCUT2D eigenvalue weighted by molar-refractivity contribution is 6.31. The zero-order valence-electron chi connectivity index (χ0n) is 14.0. The highest BCUT2D eigenvalue weighted by Crippen LogP contribution is 2.37. The summed E-state index contributed by atoms with van der Waals surface area (Å²) in [6.07, 6.45) is 0. The van der Waals surface area contributed by atoms with Crippen molar-refractivity contribution in [3.63, 3.8) is 0 Å². The lowest BCUT2D eigenvalue weighted by Gasteiger charge is -2.42. The van der Waals surface area contributed by atoms with Crippen LogP contribution in [0.2, 0.25) is 5.02 Å². The van der Waals surface area contributed by atoms with E-state index in [1.165, 1.54) is 0 Å². The van der Waals surface area contributed by atoms with E-state index in [1.54, 1.807) is 4.90 Å². The molecule has 2 aromatic rings. The maximum absolute atomic E-state index is 13.2. The van der Waals surface area contributed by atoms with Crippen LogP contribution in [0.25, 0.3) is 5.57 Å². The number of hydrogen-bond donors (Lipinski definition) is 0. The number of hydrogen-bond acceptors (Lipinski definition) is 2. The lowest BCUT2D eigenvalue weighted by molar-refractivity contribution is -0.139. The second-order valence-electron chi connectivity index (χ2n) is 6.34. The quantitative estimate of drug-likeness (QED) is 0.800. The molecular formula is C20H20ClNO2. The summed E-state index contributed by atoms with van der Waals surface area (Å²) in [4.78, 5) is 14.9. The van der Waals surface area contributed by atoms with Gasteiger partial charge in [-0.1, -0.05) is 60.1 Å². The average molecular weight is 342 g/mol. The number of carbonyl (C=O) groups is 1. The van der Waals surface area contributed by atoms with Gasteiger partial charge in [0.1, 0.15) is 5.76 Å². The summed E-state index contributed by atoms with van der Waals surface area (Å²) in [6, 6.07) is 17.2. The Kier molecular flexibility index (Phi) is 4.37. The van der Waals surface area contributed by atoms with E-state index in [2.05, 4.69) is 0 Å². The standard InChI is InChI=1S/C20H20ClNO2/c1-14-18(15-9-5-4-6-10-15)19(23)22(13-24-14)20(2,3)16-11-7-8-12-17(16)21/h4-12H,13H2,1-3H3. The predicted octanol–water partition coefficient (Wildman–Crippen LogP) is 4.82. The second kappa shape index (κ2) is 6.33. The van der Waals surface area contributed by atoms with Crippen molar-refractivity contribution in [1.82, 2.24) is 4.90 Å².